The van der Waals surface area contributed by atoms with Gasteiger partial charge in [0.05, 0.1) is 31.1 Å². The van der Waals surface area contributed by atoms with E-state index in [1.54, 1.807) is 10.4 Å². The van der Waals surface area contributed by atoms with E-state index in [0.717, 1.165) is 34.6 Å². The number of quaternary nitrogens is 1. The van der Waals surface area contributed by atoms with Crippen LogP contribution in [0.25, 0.3) is 0 Å². The van der Waals surface area contributed by atoms with Crippen LogP contribution in [0.4, 0.5) is 5.69 Å². The monoisotopic (exact) mass is 428 g/mol. The Balaban J connectivity index is 1.33. The Morgan fingerprint density at radius 2 is 1.77 bits per heavy atom. The minimum Gasteiger partial charge on any atom is -0.325 e. The Hall–Kier alpha value is -2.22. The zero-order chi connectivity index (χ0) is 21.3. The smallest absolute Gasteiger partial charge is 0.279 e. The minimum atomic E-state index is -3.50. The molecule has 2 N–H and O–H groups in total. The van der Waals surface area contributed by atoms with Crippen LogP contribution in [-0.4, -0.2) is 51.4 Å². The molecule has 2 aromatic rings. The van der Waals surface area contributed by atoms with Gasteiger partial charge in [0.1, 0.15) is 0 Å². The second kappa shape index (κ2) is 8.49. The topological polar surface area (TPSA) is 70.9 Å². The summed E-state index contributed by atoms with van der Waals surface area (Å²) in [5.41, 5.74) is 5.29. The van der Waals surface area contributed by atoms with Crippen LogP contribution in [0, 0.1) is 13.8 Å². The highest BCUT2D eigenvalue weighted by Gasteiger charge is 2.32. The van der Waals surface area contributed by atoms with Gasteiger partial charge in [-0.15, -0.1) is 0 Å². The molecule has 2 aromatic carbocycles. The molecule has 7 heteroatoms. The van der Waals surface area contributed by atoms with Crippen molar-refractivity contribution in [2.45, 2.75) is 38.0 Å². The number of piperazine rings is 1. The van der Waals surface area contributed by atoms with Gasteiger partial charge in [0.25, 0.3) is 5.91 Å². The molecule has 0 radical (unpaired) electrons. The molecule has 1 aliphatic heterocycles. The zero-order valence-corrected chi connectivity index (χ0v) is 18.5. The van der Waals surface area contributed by atoms with Crippen LogP contribution in [0.3, 0.4) is 0 Å². The lowest BCUT2D eigenvalue weighted by Gasteiger charge is -2.31. The van der Waals surface area contributed by atoms with Crippen molar-refractivity contribution < 1.29 is 18.1 Å². The third-order valence-electron chi connectivity index (χ3n) is 6.18. The molecule has 0 spiro atoms. The maximum atomic E-state index is 13.1. The van der Waals surface area contributed by atoms with Crippen LogP contribution in [0.2, 0.25) is 0 Å². The molecule has 30 heavy (non-hydrogen) atoms. The van der Waals surface area contributed by atoms with E-state index in [1.807, 2.05) is 32.0 Å². The van der Waals surface area contributed by atoms with Gasteiger partial charge >= 0.3 is 0 Å². The maximum Gasteiger partial charge on any atom is 0.279 e. The Morgan fingerprint density at radius 3 is 2.53 bits per heavy atom. The van der Waals surface area contributed by atoms with E-state index in [0.29, 0.717) is 37.6 Å². The summed E-state index contributed by atoms with van der Waals surface area (Å²) in [6, 6.07) is 11.7. The normalized spacial score (nSPS) is 17.7. The van der Waals surface area contributed by atoms with Gasteiger partial charge in [-0.1, -0.05) is 18.2 Å². The first-order chi connectivity index (χ1) is 14.3. The van der Waals surface area contributed by atoms with Crippen LogP contribution in [0.1, 0.15) is 28.7 Å². The van der Waals surface area contributed by atoms with Gasteiger partial charge in [-0.3, -0.25) is 4.79 Å². The fraction of sp³-hybridized carbons (Fsp3) is 0.435. The molecule has 1 aliphatic carbocycles. The van der Waals surface area contributed by atoms with Crippen molar-refractivity contribution in [2.75, 3.05) is 38.0 Å². The number of aryl methyl sites for hydroxylation is 4. The molecule has 0 aromatic heterocycles. The van der Waals surface area contributed by atoms with Crippen molar-refractivity contribution in [3.63, 3.8) is 0 Å². The number of amides is 1. The summed E-state index contributed by atoms with van der Waals surface area (Å²) in [7, 11) is -3.50. The molecule has 1 fully saturated rings. The lowest BCUT2D eigenvalue weighted by atomic mass is 10.1. The van der Waals surface area contributed by atoms with E-state index in [2.05, 4.69) is 17.4 Å². The average molecular weight is 429 g/mol. The number of rotatable bonds is 5. The number of hydrogen-bond acceptors (Lipinski definition) is 3. The molecule has 0 unspecified atom stereocenters. The Bertz CT molecular complexity index is 1060. The fourth-order valence-electron chi connectivity index (χ4n) is 4.43. The van der Waals surface area contributed by atoms with Gasteiger partial charge in [0.15, 0.2) is 6.54 Å². The fourth-order valence-corrected chi connectivity index (χ4v) is 6.18. The van der Waals surface area contributed by atoms with E-state index in [-0.39, 0.29) is 5.91 Å². The van der Waals surface area contributed by atoms with Crippen LogP contribution >= 0.6 is 0 Å². The minimum absolute atomic E-state index is 0.0196. The van der Waals surface area contributed by atoms with E-state index in [9.17, 15) is 13.2 Å². The Labute approximate surface area is 178 Å². The van der Waals surface area contributed by atoms with Crippen LogP contribution in [0.15, 0.2) is 41.3 Å². The molecule has 0 saturated carbocycles. The molecule has 0 atom stereocenters. The predicted molar refractivity (Wildman–Crippen MR) is 117 cm³/mol. The van der Waals surface area contributed by atoms with Crippen LogP contribution in [0.5, 0.6) is 0 Å². The summed E-state index contributed by atoms with van der Waals surface area (Å²) in [4.78, 5) is 14.0. The number of fused-ring (bicyclic) bond motifs is 1. The molecule has 2 aliphatic rings. The maximum absolute atomic E-state index is 13.1. The van der Waals surface area contributed by atoms with Crippen molar-refractivity contribution in [2.24, 2.45) is 0 Å². The molecule has 160 valence electrons. The molecular formula is C23H30N3O3S+. The van der Waals surface area contributed by atoms with Gasteiger partial charge in [-0.25, -0.2) is 8.42 Å². The average Bonchev–Trinajstić information content (AvgIpc) is 3.18. The number of nitrogens with zero attached hydrogens (tertiary/aromatic N) is 1. The number of hydrogen-bond donors (Lipinski definition) is 2. The lowest BCUT2D eigenvalue weighted by molar-refractivity contribution is -0.895. The summed E-state index contributed by atoms with van der Waals surface area (Å²) in [6.45, 7) is 6.20. The van der Waals surface area contributed by atoms with E-state index < -0.39 is 10.0 Å². The van der Waals surface area contributed by atoms with Crippen molar-refractivity contribution in [1.29, 1.82) is 0 Å². The summed E-state index contributed by atoms with van der Waals surface area (Å²) in [6.07, 6.45) is 3.40. The largest absolute Gasteiger partial charge is 0.325 e. The molecule has 4 rings (SSSR count). The highest BCUT2D eigenvalue weighted by atomic mass is 32.2. The second-order valence-corrected chi connectivity index (χ2v) is 10.4. The number of anilines is 1. The second-order valence-electron chi connectivity index (χ2n) is 8.49. The highest BCUT2D eigenvalue weighted by Crippen LogP contribution is 2.25. The summed E-state index contributed by atoms with van der Waals surface area (Å²) < 4.78 is 27.7. The van der Waals surface area contributed by atoms with E-state index in [4.69, 9.17) is 0 Å². The summed E-state index contributed by atoms with van der Waals surface area (Å²) >= 11 is 0. The third-order valence-corrected chi connectivity index (χ3v) is 8.22. The van der Waals surface area contributed by atoms with Gasteiger partial charge in [0.2, 0.25) is 10.0 Å². The first kappa shape index (κ1) is 21.0. The molecule has 1 heterocycles. The lowest BCUT2D eigenvalue weighted by Crippen LogP contribution is -3.15. The summed E-state index contributed by atoms with van der Waals surface area (Å²) in [5.74, 6) is -0.0196. The number of carbonyl (C=O) groups is 1. The Morgan fingerprint density at radius 1 is 1.03 bits per heavy atom. The van der Waals surface area contributed by atoms with E-state index in [1.165, 1.54) is 17.5 Å². The molecular weight excluding hydrogens is 398 g/mol. The molecule has 0 bridgehead atoms. The van der Waals surface area contributed by atoms with Gasteiger partial charge in [-0.05, 0) is 73.6 Å². The van der Waals surface area contributed by atoms with Crippen molar-refractivity contribution in [1.82, 2.24) is 4.31 Å². The SMILES string of the molecule is Cc1ccc(C)c(S(=O)(=O)N2CC[NH+](CC(=O)Nc3ccc4c(c3)CCC4)CC2)c1. The van der Waals surface area contributed by atoms with Crippen LogP contribution < -0.4 is 10.2 Å². The third kappa shape index (κ3) is 4.43. The van der Waals surface area contributed by atoms with Crippen LogP contribution in [-0.2, 0) is 27.7 Å². The molecule has 1 amide bonds. The summed E-state index contributed by atoms with van der Waals surface area (Å²) in [5, 5.41) is 3.01. The van der Waals surface area contributed by atoms with Crippen molar-refractivity contribution >= 4 is 21.6 Å². The van der Waals surface area contributed by atoms with E-state index >= 15 is 0 Å². The quantitative estimate of drug-likeness (QED) is 0.755. The zero-order valence-electron chi connectivity index (χ0n) is 17.7. The van der Waals surface area contributed by atoms with Gasteiger partial charge < -0.3 is 10.2 Å². The molecule has 1 saturated heterocycles. The Kier molecular flexibility index (Phi) is 5.95. The van der Waals surface area contributed by atoms with Crippen molar-refractivity contribution in [3.8, 4) is 0 Å². The number of nitrogens with one attached hydrogen (secondary N) is 2. The van der Waals surface area contributed by atoms with Crippen molar-refractivity contribution in [3.05, 3.63) is 58.7 Å². The first-order valence-corrected chi connectivity index (χ1v) is 12.1. The predicted octanol–water partition coefficient (Wildman–Crippen LogP) is 1.32. The standard InChI is InChI=1S/C23H29N3O3S/c1-17-6-7-18(2)22(14-17)30(28,29)26-12-10-25(11-13-26)16-23(27)24-21-9-8-19-4-3-5-20(19)15-21/h6-9,14-15H,3-5,10-13,16H2,1-2H3,(H,24,27)/p+1. The molecule has 6 nitrogen and oxygen atoms in total. The number of sulfonamides is 1. The van der Waals surface area contributed by atoms with Gasteiger partial charge in [-0.2, -0.15) is 4.31 Å². The van der Waals surface area contributed by atoms with Gasteiger partial charge in [0, 0.05) is 5.69 Å². The number of benzene rings is 2. The first-order valence-electron chi connectivity index (χ1n) is 10.7. The number of carbonyl (C=O) groups excluding carboxylic acids is 1. The highest BCUT2D eigenvalue weighted by molar-refractivity contribution is 7.89.